The maximum absolute atomic E-state index is 11.8. The van der Waals surface area contributed by atoms with Gasteiger partial charge < -0.3 is 30.4 Å². The monoisotopic (exact) mass is 456 g/mol. The molecule has 1 heterocycles. The molecule has 33 heavy (non-hydrogen) atoms. The molecule has 7 nitrogen and oxygen atoms in total. The van der Waals surface area contributed by atoms with Gasteiger partial charge in [-0.05, 0) is 75.8 Å². The molecule has 1 aliphatic rings. The molecule has 1 saturated heterocycles. The Morgan fingerprint density at radius 3 is 2.79 bits per heavy atom. The first-order valence-electron chi connectivity index (χ1n) is 11.6. The Hall–Kier alpha value is -2.77. The zero-order valence-electron chi connectivity index (χ0n) is 19.8. The van der Waals surface area contributed by atoms with Crippen molar-refractivity contribution < 1.29 is 24.1 Å². The fourth-order valence-corrected chi connectivity index (χ4v) is 3.71. The van der Waals surface area contributed by atoms with E-state index < -0.39 is 17.8 Å². The van der Waals surface area contributed by atoms with Crippen LogP contribution in [0.1, 0.15) is 69.2 Å². The van der Waals surface area contributed by atoms with Crippen LogP contribution in [0.2, 0.25) is 0 Å². The average molecular weight is 457 g/mol. The molecule has 1 fully saturated rings. The molecule has 2 aromatic carbocycles. The predicted molar refractivity (Wildman–Crippen MR) is 128 cm³/mol. The number of hydrogen-bond donors (Lipinski definition) is 3. The molecule has 4 N–H and O–H groups in total. The fourth-order valence-electron chi connectivity index (χ4n) is 3.71. The van der Waals surface area contributed by atoms with Gasteiger partial charge in [-0.25, -0.2) is 4.79 Å². The third kappa shape index (κ3) is 7.94. The lowest BCUT2D eigenvalue weighted by Gasteiger charge is -2.24. The second-order valence-corrected chi connectivity index (χ2v) is 9.38. The molecule has 0 radical (unpaired) electrons. The van der Waals surface area contributed by atoms with Gasteiger partial charge in [-0.15, -0.1) is 0 Å². The van der Waals surface area contributed by atoms with Crippen molar-refractivity contribution in [3.8, 4) is 5.75 Å². The van der Waals surface area contributed by atoms with Crippen molar-refractivity contribution >= 4 is 11.8 Å². The number of aryl methyl sites for hydroxylation is 1. The first-order chi connectivity index (χ1) is 15.7. The minimum Gasteiger partial charge on any atom is -0.465 e. The summed E-state index contributed by atoms with van der Waals surface area (Å²) < 4.78 is 16.8. The predicted octanol–water partition coefficient (Wildman–Crippen LogP) is 4.71. The SMILES string of the molecule is CC(C)(C)OC(=O)NCCCc1cccc(C(O)c2cc(OC3CCCCO3)ccc2N)c1. The van der Waals surface area contributed by atoms with Crippen LogP contribution in [0.5, 0.6) is 5.75 Å². The van der Waals surface area contributed by atoms with Crippen LogP contribution in [0.25, 0.3) is 0 Å². The topological polar surface area (TPSA) is 103 Å². The Morgan fingerprint density at radius 1 is 1.24 bits per heavy atom. The van der Waals surface area contributed by atoms with Crippen LogP contribution in [0.3, 0.4) is 0 Å². The molecule has 180 valence electrons. The maximum atomic E-state index is 11.8. The van der Waals surface area contributed by atoms with E-state index in [1.54, 1.807) is 18.2 Å². The number of amides is 1. The first-order valence-corrected chi connectivity index (χ1v) is 11.6. The second kappa shape index (κ2) is 11.4. The number of carbonyl (C=O) groups is 1. The minimum atomic E-state index is -0.874. The summed E-state index contributed by atoms with van der Waals surface area (Å²) >= 11 is 0. The van der Waals surface area contributed by atoms with Crippen LogP contribution in [-0.4, -0.2) is 36.2 Å². The molecule has 0 spiro atoms. The highest BCUT2D eigenvalue weighted by Crippen LogP contribution is 2.31. The molecular weight excluding hydrogens is 420 g/mol. The first kappa shape index (κ1) is 24.9. The number of hydrogen-bond acceptors (Lipinski definition) is 6. The quantitative estimate of drug-likeness (QED) is 0.393. The van der Waals surface area contributed by atoms with Crippen LogP contribution < -0.4 is 15.8 Å². The summed E-state index contributed by atoms with van der Waals surface area (Å²) in [5.74, 6) is 0.634. The Kier molecular flexibility index (Phi) is 8.58. The largest absolute Gasteiger partial charge is 0.465 e. The number of carbonyl (C=O) groups excluding carboxylic acids is 1. The van der Waals surface area contributed by atoms with Gasteiger partial charge in [0.05, 0.1) is 6.61 Å². The number of nitrogens with two attached hydrogens (primary N) is 1. The minimum absolute atomic E-state index is 0.259. The lowest BCUT2D eigenvalue weighted by molar-refractivity contribution is -0.105. The lowest BCUT2D eigenvalue weighted by atomic mass is 9.97. The van der Waals surface area contributed by atoms with E-state index in [2.05, 4.69) is 5.32 Å². The van der Waals surface area contributed by atoms with Crippen molar-refractivity contribution in [1.29, 1.82) is 0 Å². The van der Waals surface area contributed by atoms with Gasteiger partial charge in [-0.2, -0.15) is 0 Å². The van der Waals surface area contributed by atoms with Gasteiger partial charge in [-0.3, -0.25) is 0 Å². The summed E-state index contributed by atoms with van der Waals surface area (Å²) in [6.07, 6.45) is 2.95. The van der Waals surface area contributed by atoms with Gasteiger partial charge >= 0.3 is 6.09 Å². The maximum Gasteiger partial charge on any atom is 0.407 e. The molecule has 0 aliphatic carbocycles. The molecule has 2 atom stereocenters. The Morgan fingerprint density at radius 2 is 2.06 bits per heavy atom. The highest BCUT2D eigenvalue weighted by Gasteiger charge is 2.19. The molecular formula is C26H36N2O5. The number of aliphatic hydroxyl groups excluding tert-OH is 1. The number of aliphatic hydroxyl groups is 1. The fraction of sp³-hybridized carbons (Fsp3) is 0.500. The van der Waals surface area contributed by atoms with E-state index in [0.29, 0.717) is 30.2 Å². The Bertz CT molecular complexity index is 919. The number of nitrogen functional groups attached to an aromatic ring is 1. The third-order valence-electron chi connectivity index (χ3n) is 5.34. The summed E-state index contributed by atoms with van der Waals surface area (Å²) in [7, 11) is 0. The molecule has 0 saturated carbocycles. The van der Waals surface area contributed by atoms with Crippen LogP contribution in [0, 0.1) is 0 Å². The van der Waals surface area contributed by atoms with Gasteiger partial charge in [0.25, 0.3) is 0 Å². The van der Waals surface area contributed by atoms with E-state index in [1.807, 2.05) is 45.0 Å². The molecule has 0 aromatic heterocycles. The van der Waals surface area contributed by atoms with Crippen LogP contribution in [-0.2, 0) is 15.9 Å². The second-order valence-electron chi connectivity index (χ2n) is 9.38. The summed E-state index contributed by atoms with van der Waals surface area (Å²) in [4.78, 5) is 11.8. The van der Waals surface area contributed by atoms with E-state index in [9.17, 15) is 9.90 Å². The number of ether oxygens (including phenoxy) is 3. The highest BCUT2D eigenvalue weighted by atomic mass is 16.7. The smallest absolute Gasteiger partial charge is 0.407 e. The number of alkyl carbamates (subject to hydrolysis) is 1. The average Bonchev–Trinajstić information content (AvgIpc) is 2.77. The van der Waals surface area contributed by atoms with Gasteiger partial charge in [0.1, 0.15) is 17.5 Å². The molecule has 1 aliphatic heterocycles. The van der Waals surface area contributed by atoms with Crippen LogP contribution in [0.4, 0.5) is 10.5 Å². The lowest BCUT2D eigenvalue weighted by Crippen LogP contribution is -2.33. The number of benzene rings is 2. The summed E-state index contributed by atoms with van der Waals surface area (Å²) in [6.45, 7) is 6.72. The zero-order valence-corrected chi connectivity index (χ0v) is 19.8. The van der Waals surface area contributed by atoms with Crippen LogP contribution in [0.15, 0.2) is 42.5 Å². The number of nitrogens with one attached hydrogen (secondary N) is 1. The number of rotatable bonds is 8. The third-order valence-corrected chi connectivity index (χ3v) is 5.34. The van der Waals surface area contributed by atoms with Crippen LogP contribution >= 0.6 is 0 Å². The van der Waals surface area contributed by atoms with Crippen molar-refractivity contribution in [2.45, 2.75) is 70.9 Å². The van der Waals surface area contributed by atoms with E-state index in [-0.39, 0.29) is 6.29 Å². The van der Waals surface area contributed by atoms with Crippen molar-refractivity contribution in [1.82, 2.24) is 5.32 Å². The van der Waals surface area contributed by atoms with E-state index >= 15 is 0 Å². The Labute approximate surface area is 196 Å². The van der Waals surface area contributed by atoms with Crippen molar-refractivity contribution in [2.75, 3.05) is 18.9 Å². The Balaban J connectivity index is 1.59. The summed E-state index contributed by atoms with van der Waals surface area (Å²) in [5, 5.41) is 13.8. The molecule has 2 unspecified atom stereocenters. The van der Waals surface area contributed by atoms with Crippen molar-refractivity contribution in [3.05, 3.63) is 59.2 Å². The molecule has 2 aromatic rings. The van der Waals surface area contributed by atoms with Gasteiger partial charge in [0.15, 0.2) is 6.29 Å². The normalized spacial score (nSPS) is 17.3. The molecule has 7 heteroatoms. The van der Waals surface area contributed by atoms with Gasteiger partial charge in [-0.1, -0.05) is 24.3 Å². The van der Waals surface area contributed by atoms with E-state index in [0.717, 1.165) is 43.2 Å². The molecule has 1 amide bonds. The van der Waals surface area contributed by atoms with E-state index in [4.69, 9.17) is 19.9 Å². The van der Waals surface area contributed by atoms with Gasteiger partial charge in [0, 0.05) is 24.2 Å². The zero-order chi connectivity index (χ0) is 23.8. The standard InChI is InChI=1S/C26H36N2O5/c1-26(2,3)33-25(30)28-14-7-9-18-8-6-10-19(16-18)24(29)21-17-20(12-13-22(21)27)32-23-11-4-5-15-31-23/h6,8,10,12-13,16-17,23-24,29H,4-5,7,9,11,14-15,27H2,1-3H3,(H,28,30). The summed E-state index contributed by atoms with van der Waals surface area (Å²) in [6, 6.07) is 13.1. The number of anilines is 1. The van der Waals surface area contributed by atoms with Gasteiger partial charge in [0.2, 0.25) is 0 Å². The van der Waals surface area contributed by atoms with Crippen molar-refractivity contribution in [3.63, 3.8) is 0 Å². The molecule has 0 bridgehead atoms. The highest BCUT2D eigenvalue weighted by molar-refractivity contribution is 5.67. The van der Waals surface area contributed by atoms with E-state index in [1.165, 1.54) is 0 Å². The molecule has 3 rings (SSSR count). The van der Waals surface area contributed by atoms with Crippen molar-refractivity contribution in [2.24, 2.45) is 0 Å². The summed E-state index contributed by atoms with van der Waals surface area (Å²) in [5.41, 5.74) is 8.59.